The van der Waals surface area contributed by atoms with Crippen LogP contribution in [0.4, 0.5) is 9.18 Å². The van der Waals surface area contributed by atoms with Gasteiger partial charge in [-0.15, -0.1) is 6.58 Å². The van der Waals surface area contributed by atoms with Gasteiger partial charge in [0.15, 0.2) is 0 Å². The second-order valence-electron chi connectivity index (χ2n) is 18.3. The van der Waals surface area contributed by atoms with Crippen molar-refractivity contribution in [1.29, 1.82) is 0 Å². The van der Waals surface area contributed by atoms with Crippen LogP contribution in [0.3, 0.4) is 0 Å². The van der Waals surface area contributed by atoms with E-state index >= 15 is 0 Å². The number of rotatable bonds is 25. The maximum absolute atomic E-state index is 14.9. The lowest BCUT2D eigenvalue weighted by Crippen LogP contribution is -2.70. The second kappa shape index (κ2) is 23.9. The zero-order chi connectivity index (χ0) is 46.4. The summed E-state index contributed by atoms with van der Waals surface area (Å²) in [5.41, 5.74) is 4.21. The van der Waals surface area contributed by atoms with Gasteiger partial charge in [-0.25, -0.2) is 9.18 Å². The van der Waals surface area contributed by atoms with Gasteiger partial charge in [-0.1, -0.05) is 72.6 Å². The van der Waals surface area contributed by atoms with E-state index in [0.29, 0.717) is 56.1 Å². The molecule has 3 heterocycles. The smallest absolute Gasteiger partial charge is 0.410 e. The van der Waals surface area contributed by atoms with E-state index < -0.39 is 35.9 Å². The number of hydrogen-bond donors (Lipinski definition) is 2. The summed E-state index contributed by atoms with van der Waals surface area (Å²) >= 11 is 0. The van der Waals surface area contributed by atoms with Gasteiger partial charge in [-0.05, 0) is 97.4 Å². The van der Waals surface area contributed by atoms with Gasteiger partial charge in [-0.3, -0.25) is 9.80 Å². The molecule has 0 aromatic heterocycles. The third-order valence-electron chi connectivity index (χ3n) is 13.7. The molecule has 14 heteroatoms. The number of benzene rings is 3. The molecule has 8 rings (SSSR count). The number of allylic oxidation sites excluding steroid dienone is 1. The number of unbranched alkanes of at least 4 members (excludes halogenated alkanes) is 2. The molecule has 3 aliphatic heterocycles. The lowest BCUT2D eigenvalue weighted by atomic mass is 9.55. The van der Waals surface area contributed by atoms with Crippen molar-refractivity contribution in [1.82, 2.24) is 9.80 Å². The van der Waals surface area contributed by atoms with Crippen molar-refractivity contribution in [2.75, 3.05) is 65.9 Å². The number of aliphatic hydroxyl groups is 2. The number of nitrogens with zero attached hydrogens (tertiary/aromatic N) is 3. The Balaban J connectivity index is 1.25. The zero-order valence-electron chi connectivity index (χ0n) is 38.7. The molecule has 0 bridgehead atoms. The topological polar surface area (TPSA) is 141 Å². The summed E-state index contributed by atoms with van der Waals surface area (Å²) in [6.45, 7) is 8.99. The van der Waals surface area contributed by atoms with Crippen LogP contribution < -0.4 is 9.47 Å². The van der Waals surface area contributed by atoms with Crippen LogP contribution in [0.2, 0.25) is 0 Å². The molecule has 3 aromatic rings. The fourth-order valence-corrected chi connectivity index (χ4v) is 10.4. The number of halogens is 1. The first-order chi connectivity index (χ1) is 32.9. The molecule has 2 aliphatic carbocycles. The Labute approximate surface area is 394 Å². The number of aliphatic hydroxyl groups excluding tert-OH is 2. The molecule has 1 saturated carbocycles. The molecule has 1 unspecified atom stereocenters. The summed E-state index contributed by atoms with van der Waals surface area (Å²) in [6.07, 6.45) is 10.1. The van der Waals surface area contributed by atoms with Crippen LogP contribution in [0, 0.1) is 23.6 Å². The van der Waals surface area contributed by atoms with Gasteiger partial charge in [0.2, 0.25) is 12.1 Å². The molecule has 0 spiro atoms. The van der Waals surface area contributed by atoms with Crippen molar-refractivity contribution in [3.05, 3.63) is 120 Å². The Morgan fingerprint density at radius 2 is 1.76 bits per heavy atom. The fourth-order valence-electron chi connectivity index (χ4n) is 10.4. The summed E-state index contributed by atoms with van der Waals surface area (Å²) < 4.78 is 53.5. The molecule has 5 aliphatic rings. The van der Waals surface area contributed by atoms with Gasteiger partial charge in [0.05, 0.1) is 38.1 Å². The standard InChI is InChI=1S/C53H68FN3O10/c1-2-28-65-53-48(57(36-38-17-19-41(54)20-18-38)52(60)64-32-31-61-37-39-12-4-3-5-13-39)35-46(55-67-49-16-8-11-29-63-49)44-33-40(14-6-9-26-58)43(15-7-10-27-59)50(51(44)53)45-34-42(21-22-47(45)66-53)62-30-25-56-23-24-56/h2-5,12-13,17-22,33-34,40,43,48-51,58-59H,1,6-11,14-16,23-32,35-37H2/t40-,43+,48-,49?,50+,51+,53+/m0/s1. The van der Waals surface area contributed by atoms with Crippen molar-refractivity contribution in [3.8, 4) is 11.5 Å². The Morgan fingerprint density at radius 3 is 2.51 bits per heavy atom. The van der Waals surface area contributed by atoms with Crippen molar-refractivity contribution in [2.45, 2.75) is 101 Å². The molecule has 0 radical (unpaired) electrons. The van der Waals surface area contributed by atoms with Gasteiger partial charge in [0.1, 0.15) is 36.6 Å². The van der Waals surface area contributed by atoms with Gasteiger partial charge in [0.25, 0.3) is 0 Å². The third kappa shape index (κ3) is 12.3. The van der Waals surface area contributed by atoms with E-state index in [2.05, 4.69) is 23.6 Å². The maximum Gasteiger partial charge on any atom is 0.410 e. The van der Waals surface area contributed by atoms with Crippen molar-refractivity contribution in [2.24, 2.45) is 22.9 Å². The highest BCUT2D eigenvalue weighted by Gasteiger charge is 2.65. The second-order valence-corrected chi connectivity index (χ2v) is 18.3. The van der Waals surface area contributed by atoms with Gasteiger partial charge >= 0.3 is 6.09 Å². The van der Waals surface area contributed by atoms with Gasteiger partial charge in [0, 0.05) is 63.7 Å². The highest BCUT2D eigenvalue weighted by Crippen LogP contribution is 2.62. The minimum absolute atomic E-state index is 0.0220. The average molecular weight is 926 g/mol. The monoisotopic (exact) mass is 925 g/mol. The lowest BCUT2D eigenvalue weighted by Gasteiger charge is -2.60. The predicted molar refractivity (Wildman–Crippen MR) is 251 cm³/mol. The summed E-state index contributed by atoms with van der Waals surface area (Å²) in [5, 5.41) is 25.0. The van der Waals surface area contributed by atoms with Crippen molar-refractivity contribution in [3.63, 3.8) is 0 Å². The summed E-state index contributed by atoms with van der Waals surface area (Å²) in [4.78, 5) is 25.2. The van der Waals surface area contributed by atoms with E-state index in [4.69, 9.17) is 38.4 Å². The predicted octanol–water partition coefficient (Wildman–Crippen LogP) is 8.54. The first-order valence-electron chi connectivity index (χ1n) is 24.4. The minimum atomic E-state index is -1.52. The van der Waals surface area contributed by atoms with Crippen LogP contribution in [0.5, 0.6) is 11.5 Å². The van der Waals surface area contributed by atoms with Crippen LogP contribution in [0.1, 0.15) is 86.8 Å². The average Bonchev–Trinajstić information content (AvgIpc) is 4.19. The van der Waals surface area contributed by atoms with E-state index in [-0.39, 0.29) is 63.8 Å². The zero-order valence-corrected chi connectivity index (χ0v) is 38.7. The lowest BCUT2D eigenvalue weighted by molar-refractivity contribution is -0.256. The third-order valence-corrected chi connectivity index (χ3v) is 13.7. The Morgan fingerprint density at radius 1 is 0.955 bits per heavy atom. The van der Waals surface area contributed by atoms with Crippen molar-refractivity contribution >= 4 is 11.8 Å². The van der Waals surface area contributed by atoms with Crippen molar-refractivity contribution < 1.29 is 52.7 Å². The van der Waals surface area contributed by atoms with Crippen LogP contribution >= 0.6 is 0 Å². The quantitative estimate of drug-likeness (QED) is 0.0366. The largest absolute Gasteiger partial charge is 0.492 e. The molecule has 2 N–H and O–H groups in total. The summed E-state index contributed by atoms with van der Waals surface area (Å²) in [7, 11) is 0. The number of oxime groups is 1. The number of fused-ring (bicyclic) bond motifs is 2. The Kier molecular flexibility index (Phi) is 17.4. The molecule has 3 fully saturated rings. The van der Waals surface area contributed by atoms with Crippen LogP contribution in [0.15, 0.2) is 102 Å². The molecule has 13 nitrogen and oxygen atoms in total. The van der Waals surface area contributed by atoms with Crippen LogP contribution in [-0.2, 0) is 36.9 Å². The van der Waals surface area contributed by atoms with E-state index in [1.165, 1.54) is 12.1 Å². The number of carbonyl (C=O) groups excluding carboxylic acids is 1. The highest BCUT2D eigenvalue weighted by molar-refractivity contribution is 6.03. The Bertz CT molecular complexity index is 2110. The molecular weight excluding hydrogens is 858 g/mol. The number of amides is 1. The first-order valence-corrected chi connectivity index (χ1v) is 24.4. The van der Waals surface area contributed by atoms with E-state index in [0.717, 1.165) is 80.6 Å². The first kappa shape index (κ1) is 48.6. The maximum atomic E-state index is 14.9. The molecule has 1 amide bonds. The minimum Gasteiger partial charge on any atom is -0.492 e. The molecule has 67 heavy (non-hydrogen) atoms. The normalized spacial score (nSPS) is 25.8. The number of hydrogen-bond acceptors (Lipinski definition) is 12. The summed E-state index contributed by atoms with van der Waals surface area (Å²) in [5.74, 6) is -1.25. The molecule has 3 aromatic carbocycles. The molecule has 2 saturated heterocycles. The van der Waals surface area contributed by atoms with Gasteiger partial charge < -0.3 is 43.5 Å². The van der Waals surface area contributed by atoms with E-state index in [9.17, 15) is 19.4 Å². The molecule has 7 atom stereocenters. The van der Waals surface area contributed by atoms with E-state index in [1.54, 1.807) is 23.1 Å². The fraction of sp³-hybridized carbons (Fsp3) is 0.547. The molecule has 362 valence electrons. The van der Waals surface area contributed by atoms with Crippen LogP contribution in [-0.4, -0.2) is 116 Å². The number of carbonyl (C=O) groups is 1. The number of ether oxygens (including phenoxy) is 6. The highest BCUT2D eigenvalue weighted by atomic mass is 19.1. The Hall–Kier alpha value is -4.83. The molecular formula is C53H68FN3O10. The van der Waals surface area contributed by atoms with Crippen LogP contribution in [0.25, 0.3) is 0 Å². The van der Waals surface area contributed by atoms with E-state index in [1.807, 2.05) is 42.5 Å². The summed E-state index contributed by atoms with van der Waals surface area (Å²) in [6, 6.07) is 21.0. The SMILES string of the molecule is C=CCO[C@@]12Oc3ccc(OCCN4CC4)cc3[C@H]3[C@H](CCCCO)[C@@H](CCCCO)C=C(C(=NOC4CCCCO4)C[C@@H]1N(Cc1ccc(F)cc1)C(=O)OCCOCc1ccccc1)[C@H]32. The van der Waals surface area contributed by atoms with Gasteiger partial charge in [-0.2, -0.15) is 0 Å².